The molecule has 1 rings (SSSR count). The van der Waals surface area contributed by atoms with Crippen LogP contribution < -0.4 is 10.1 Å². The monoisotopic (exact) mass is 331 g/mol. The van der Waals surface area contributed by atoms with Crippen molar-refractivity contribution in [3.63, 3.8) is 0 Å². The Labute approximate surface area is 122 Å². The second kappa shape index (κ2) is 7.24. The molecule has 0 aliphatic rings. The van der Waals surface area contributed by atoms with E-state index in [0.717, 1.165) is 10.0 Å². The molecule has 4 nitrogen and oxygen atoms in total. The lowest BCUT2D eigenvalue weighted by atomic mass is 10.1. The van der Waals surface area contributed by atoms with Gasteiger partial charge in [0.25, 0.3) is 0 Å². The summed E-state index contributed by atoms with van der Waals surface area (Å²) in [4.78, 5) is 0. The van der Waals surface area contributed by atoms with Crippen molar-refractivity contribution in [3.05, 3.63) is 28.2 Å². The zero-order valence-corrected chi connectivity index (χ0v) is 13.2. The van der Waals surface area contributed by atoms with Crippen molar-refractivity contribution < 1.29 is 14.9 Å². The first kappa shape index (κ1) is 16.4. The smallest absolute Gasteiger partial charge is 0.138 e. The molecule has 0 fully saturated rings. The summed E-state index contributed by atoms with van der Waals surface area (Å²) in [6.45, 7) is 6.73. The molecular weight excluding hydrogens is 310 g/mol. The SMILES string of the molecule is CC(C)(C)NCc1cccc(Br)c1OCC(O)CO. The summed E-state index contributed by atoms with van der Waals surface area (Å²) in [7, 11) is 0. The molecule has 0 spiro atoms. The highest BCUT2D eigenvalue weighted by Gasteiger charge is 2.14. The molecule has 0 aliphatic carbocycles. The van der Waals surface area contributed by atoms with Crippen LogP contribution in [0.2, 0.25) is 0 Å². The zero-order chi connectivity index (χ0) is 14.5. The van der Waals surface area contributed by atoms with Crippen LogP contribution in [-0.2, 0) is 6.54 Å². The molecule has 1 aromatic carbocycles. The number of aliphatic hydroxyl groups excluding tert-OH is 2. The molecule has 0 aromatic heterocycles. The second-order valence-corrected chi connectivity index (χ2v) is 6.33. The third kappa shape index (κ3) is 5.91. The van der Waals surface area contributed by atoms with Crippen molar-refractivity contribution >= 4 is 15.9 Å². The minimum atomic E-state index is -0.865. The Morgan fingerprint density at radius 3 is 2.63 bits per heavy atom. The molecule has 0 heterocycles. The Hall–Kier alpha value is -0.620. The molecule has 0 saturated carbocycles. The number of hydrogen-bond donors (Lipinski definition) is 3. The van der Waals surface area contributed by atoms with Crippen LogP contribution in [0.4, 0.5) is 0 Å². The molecule has 108 valence electrons. The third-order valence-corrected chi connectivity index (χ3v) is 3.11. The molecule has 0 saturated heterocycles. The normalized spacial score (nSPS) is 13.4. The van der Waals surface area contributed by atoms with E-state index in [0.29, 0.717) is 12.3 Å². The molecule has 19 heavy (non-hydrogen) atoms. The second-order valence-electron chi connectivity index (χ2n) is 5.48. The van der Waals surface area contributed by atoms with Gasteiger partial charge in [0, 0.05) is 17.6 Å². The van der Waals surface area contributed by atoms with Crippen molar-refractivity contribution in [2.45, 2.75) is 39.0 Å². The number of nitrogens with one attached hydrogen (secondary N) is 1. The predicted molar refractivity (Wildman–Crippen MR) is 79.3 cm³/mol. The largest absolute Gasteiger partial charge is 0.489 e. The van der Waals surface area contributed by atoms with Crippen LogP contribution in [0.1, 0.15) is 26.3 Å². The van der Waals surface area contributed by atoms with E-state index in [9.17, 15) is 5.11 Å². The third-order valence-electron chi connectivity index (χ3n) is 2.49. The van der Waals surface area contributed by atoms with Crippen LogP contribution in [0, 0.1) is 0 Å². The minimum Gasteiger partial charge on any atom is -0.489 e. The summed E-state index contributed by atoms with van der Waals surface area (Å²) < 4.78 is 6.43. The zero-order valence-electron chi connectivity index (χ0n) is 11.6. The average Bonchev–Trinajstić information content (AvgIpc) is 2.33. The fraction of sp³-hybridized carbons (Fsp3) is 0.571. The van der Waals surface area contributed by atoms with Gasteiger partial charge in [-0.15, -0.1) is 0 Å². The van der Waals surface area contributed by atoms with Gasteiger partial charge in [-0.2, -0.15) is 0 Å². The van der Waals surface area contributed by atoms with Crippen LogP contribution in [0.25, 0.3) is 0 Å². The summed E-state index contributed by atoms with van der Waals surface area (Å²) in [5.41, 5.74) is 1.03. The van der Waals surface area contributed by atoms with Gasteiger partial charge in [-0.3, -0.25) is 0 Å². The summed E-state index contributed by atoms with van der Waals surface area (Å²) in [6.07, 6.45) is -0.865. The maximum Gasteiger partial charge on any atom is 0.138 e. The fourth-order valence-corrected chi connectivity index (χ4v) is 1.97. The maximum absolute atomic E-state index is 9.35. The molecular formula is C14H22BrNO3. The van der Waals surface area contributed by atoms with Crippen molar-refractivity contribution in [2.24, 2.45) is 0 Å². The van der Waals surface area contributed by atoms with E-state index >= 15 is 0 Å². The van der Waals surface area contributed by atoms with E-state index in [4.69, 9.17) is 9.84 Å². The number of hydrogen-bond acceptors (Lipinski definition) is 4. The molecule has 0 radical (unpaired) electrons. The number of ether oxygens (including phenoxy) is 1. The first-order valence-electron chi connectivity index (χ1n) is 6.27. The van der Waals surface area contributed by atoms with Gasteiger partial charge in [-0.1, -0.05) is 12.1 Å². The number of benzene rings is 1. The van der Waals surface area contributed by atoms with Gasteiger partial charge < -0.3 is 20.3 Å². The molecule has 0 amide bonds. The Kier molecular flexibility index (Phi) is 6.26. The fourth-order valence-electron chi connectivity index (χ4n) is 1.45. The lowest BCUT2D eigenvalue weighted by Gasteiger charge is -2.22. The van der Waals surface area contributed by atoms with Gasteiger partial charge in [-0.25, -0.2) is 0 Å². The van der Waals surface area contributed by atoms with E-state index in [1.54, 1.807) is 0 Å². The topological polar surface area (TPSA) is 61.7 Å². The number of aliphatic hydroxyl groups is 2. The van der Waals surface area contributed by atoms with Gasteiger partial charge in [0.15, 0.2) is 0 Å². The lowest BCUT2D eigenvalue weighted by molar-refractivity contribution is 0.0530. The first-order chi connectivity index (χ1) is 8.83. The average molecular weight is 332 g/mol. The van der Waals surface area contributed by atoms with E-state index in [1.165, 1.54) is 0 Å². The quantitative estimate of drug-likeness (QED) is 0.746. The van der Waals surface area contributed by atoms with Crippen molar-refractivity contribution in [2.75, 3.05) is 13.2 Å². The summed E-state index contributed by atoms with van der Waals surface area (Å²) in [6, 6.07) is 5.81. The van der Waals surface area contributed by atoms with Gasteiger partial charge >= 0.3 is 0 Å². The highest BCUT2D eigenvalue weighted by molar-refractivity contribution is 9.10. The molecule has 3 N–H and O–H groups in total. The highest BCUT2D eigenvalue weighted by Crippen LogP contribution is 2.29. The van der Waals surface area contributed by atoms with Crippen LogP contribution in [0.5, 0.6) is 5.75 Å². The summed E-state index contributed by atoms with van der Waals surface area (Å²) in [5, 5.41) is 21.6. The first-order valence-corrected chi connectivity index (χ1v) is 7.07. The Bertz CT molecular complexity index is 404. The van der Waals surface area contributed by atoms with Gasteiger partial charge in [-0.05, 0) is 42.8 Å². The Morgan fingerprint density at radius 1 is 1.37 bits per heavy atom. The van der Waals surface area contributed by atoms with E-state index in [2.05, 4.69) is 42.0 Å². The summed E-state index contributed by atoms with van der Waals surface area (Å²) in [5.74, 6) is 0.701. The minimum absolute atomic E-state index is 0.0181. The van der Waals surface area contributed by atoms with Crippen LogP contribution in [0.3, 0.4) is 0 Å². The molecule has 1 aromatic rings. The Balaban J connectivity index is 2.77. The summed E-state index contributed by atoms with van der Waals surface area (Å²) >= 11 is 3.44. The van der Waals surface area contributed by atoms with Gasteiger partial charge in [0.2, 0.25) is 0 Å². The molecule has 0 bridgehead atoms. The van der Waals surface area contributed by atoms with Crippen molar-refractivity contribution in [3.8, 4) is 5.75 Å². The Morgan fingerprint density at radius 2 is 2.05 bits per heavy atom. The van der Waals surface area contributed by atoms with E-state index in [-0.39, 0.29) is 18.8 Å². The maximum atomic E-state index is 9.35. The molecule has 1 atom stereocenters. The van der Waals surface area contributed by atoms with Crippen LogP contribution in [0.15, 0.2) is 22.7 Å². The molecule has 0 aliphatic heterocycles. The van der Waals surface area contributed by atoms with Crippen LogP contribution in [-0.4, -0.2) is 35.1 Å². The van der Waals surface area contributed by atoms with Crippen molar-refractivity contribution in [1.29, 1.82) is 0 Å². The number of rotatable bonds is 6. The standard InChI is InChI=1S/C14H22BrNO3/c1-14(2,3)16-7-10-5-4-6-12(15)13(10)19-9-11(18)8-17/h4-6,11,16-18H,7-9H2,1-3H3. The van der Waals surface area contributed by atoms with Crippen molar-refractivity contribution in [1.82, 2.24) is 5.32 Å². The number of para-hydroxylation sites is 1. The van der Waals surface area contributed by atoms with E-state index < -0.39 is 6.10 Å². The number of halogens is 1. The predicted octanol–water partition coefficient (Wildman–Crippen LogP) is 2.07. The molecule has 1 unspecified atom stereocenters. The van der Waals surface area contributed by atoms with E-state index in [1.807, 2.05) is 18.2 Å². The van der Waals surface area contributed by atoms with Gasteiger partial charge in [0.05, 0.1) is 11.1 Å². The highest BCUT2D eigenvalue weighted by atomic mass is 79.9. The lowest BCUT2D eigenvalue weighted by Crippen LogP contribution is -2.35. The van der Waals surface area contributed by atoms with Gasteiger partial charge in [0.1, 0.15) is 18.5 Å². The molecule has 5 heteroatoms. The van der Waals surface area contributed by atoms with Crippen LogP contribution >= 0.6 is 15.9 Å².